The average molecular weight is 511 g/mol. The van der Waals surface area contributed by atoms with E-state index in [0.717, 1.165) is 4.57 Å². The molecule has 13 nitrogen and oxygen atoms in total. The van der Waals surface area contributed by atoms with E-state index in [0.29, 0.717) is 0 Å². The molecule has 1 aromatic carbocycles. The molecule has 1 aromatic heterocycles. The van der Waals surface area contributed by atoms with E-state index in [1.807, 2.05) is 0 Å². The molecular formula is C21H26N3O10P. The van der Waals surface area contributed by atoms with E-state index in [1.165, 1.54) is 27.2 Å². The quantitative estimate of drug-likeness (QED) is 0.311. The first-order valence-electron chi connectivity index (χ1n) is 10.7. The van der Waals surface area contributed by atoms with E-state index in [9.17, 15) is 24.1 Å². The number of nitrogens with zero attached hydrogens (tertiary/aromatic N) is 1. The standard InChI is InChI=1S/C21H26N3O10P/c1-12-9-24(20(28)22-17(12)26)18-15-16(25)21(33-18,10-31-15)11-32-35(29,23-13(2)19(27)30-3)34-14-7-5-4-6-8-14/h4-9,13,15-16,18,25H,10-11H2,1-3H3,(H,23,29)(H,22,26,28)/t13-,15+,16-,18+,21+,35?/m0/s1. The van der Waals surface area contributed by atoms with Crippen molar-refractivity contribution in [1.29, 1.82) is 0 Å². The molecule has 2 aliphatic rings. The monoisotopic (exact) mass is 511 g/mol. The Labute approximate surface area is 199 Å². The number of nitrogens with one attached hydrogen (secondary N) is 2. The number of carbonyl (C=O) groups is 1. The van der Waals surface area contributed by atoms with Gasteiger partial charge in [0.15, 0.2) is 6.23 Å². The number of aromatic amines is 1. The van der Waals surface area contributed by atoms with Crippen LogP contribution in [0.4, 0.5) is 0 Å². The second-order valence-corrected chi connectivity index (χ2v) is 10.0. The summed E-state index contributed by atoms with van der Waals surface area (Å²) in [7, 11) is -3.03. The lowest BCUT2D eigenvalue weighted by Crippen LogP contribution is -2.46. The normalized spacial score (nSPS) is 27.8. The van der Waals surface area contributed by atoms with E-state index < -0.39 is 61.7 Å². The molecule has 0 aliphatic carbocycles. The molecule has 4 rings (SSSR count). The van der Waals surface area contributed by atoms with E-state index in [-0.39, 0.29) is 17.9 Å². The van der Waals surface area contributed by atoms with Crippen molar-refractivity contribution in [3.63, 3.8) is 0 Å². The molecule has 0 spiro atoms. The van der Waals surface area contributed by atoms with Crippen molar-refractivity contribution in [3.8, 4) is 5.75 Å². The molecular weight excluding hydrogens is 485 g/mol. The Hall–Kier alpha value is -2.80. The largest absolute Gasteiger partial charge is 0.468 e. The Balaban J connectivity index is 1.57. The molecule has 2 bridgehead atoms. The highest BCUT2D eigenvalue weighted by Crippen LogP contribution is 2.50. The van der Waals surface area contributed by atoms with Crippen LogP contribution in [0.3, 0.4) is 0 Å². The van der Waals surface area contributed by atoms with Crippen molar-refractivity contribution < 1.29 is 37.7 Å². The Bertz CT molecular complexity index is 1250. The summed E-state index contributed by atoms with van der Waals surface area (Å²) in [5.74, 6) is -0.488. The topological polar surface area (TPSA) is 167 Å². The lowest BCUT2D eigenvalue weighted by Gasteiger charge is -2.32. The number of carbonyl (C=O) groups excluding carboxylic acids is 1. The smallest absolute Gasteiger partial charge is 0.459 e. The van der Waals surface area contributed by atoms with Crippen LogP contribution in [0.15, 0.2) is 46.1 Å². The van der Waals surface area contributed by atoms with Crippen LogP contribution in [-0.4, -0.2) is 64.8 Å². The van der Waals surface area contributed by atoms with Crippen molar-refractivity contribution in [2.75, 3.05) is 20.3 Å². The maximum absolute atomic E-state index is 13.6. The lowest BCUT2D eigenvalue weighted by molar-refractivity contribution is -0.185. The predicted molar refractivity (Wildman–Crippen MR) is 120 cm³/mol. The Morgan fingerprint density at radius 2 is 2.09 bits per heavy atom. The Morgan fingerprint density at radius 1 is 1.37 bits per heavy atom. The summed E-state index contributed by atoms with van der Waals surface area (Å²) >= 11 is 0. The minimum atomic E-state index is -4.21. The van der Waals surface area contributed by atoms with Crippen molar-refractivity contribution in [3.05, 3.63) is 62.9 Å². The van der Waals surface area contributed by atoms with E-state index in [2.05, 4.69) is 14.8 Å². The number of fused-ring (bicyclic) bond motifs is 2. The molecule has 2 aliphatic heterocycles. The van der Waals surface area contributed by atoms with Crippen LogP contribution in [0.2, 0.25) is 0 Å². The molecule has 14 heteroatoms. The van der Waals surface area contributed by atoms with Crippen LogP contribution >= 0.6 is 7.75 Å². The van der Waals surface area contributed by atoms with Gasteiger partial charge in [-0.05, 0) is 26.0 Å². The third-order valence-corrected chi connectivity index (χ3v) is 7.40. The highest BCUT2D eigenvalue weighted by Gasteiger charge is 2.62. The van der Waals surface area contributed by atoms with Gasteiger partial charge in [0.1, 0.15) is 29.6 Å². The maximum atomic E-state index is 13.6. The van der Waals surface area contributed by atoms with Crippen molar-refractivity contribution in [2.24, 2.45) is 0 Å². The molecule has 3 heterocycles. The number of hydrogen-bond donors (Lipinski definition) is 3. The van der Waals surface area contributed by atoms with Gasteiger partial charge in [-0.25, -0.2) is 9.36 Å². The summed E-state index contributed by atoms with van der Waals surface area (Å²) in [5, 5.41) is 13.4. The third-order valence-electron chi connectivity index (χ3n) is 5.78. The zero-order valence-electron chi connectivity index (χ0n) is 19.2. The average Bonchev–Trinajstić information content (AvgIpc) is 3.29. The molecule has 2 aromatic rings. The second-order valence-electron chi connectivity index (χ2n) is 8.32. The number of aliphatic hydroxyl groups excluding tert-OH is 1. The van der Waals surface area contributed by atoms with Gasteiger partial charge in [-0.15, -0.1) is 0 Å². The number of esters is 1. The summed E-state index contributed by atoms with van der Waals surface area (Å²) in [5.41, 5.74) is -2.52. The minimum absolute atomic E-state index is 0.121. The summed E-state index contributed by atoms with van der Waals surface area (Å²) in [4.78, 5) is 38.1. The van der Waals surface area contributed by atoms with Crippen LogP contribution < -0.4 is 20.9 Å². The SMILES string of the molecule is COC(=O)[C@H](C)NP(=O)(OC[C@@]12CO[C@@H]([C@H](n3cc(C)c(=O)[nH]c3=O)O1)[C@@H]2O)Oc1ccccc1. The van der Waals surface area contributed by atoms with E-state index >= 15 is 0 Å². The van der Waals surface area contributed by atoms with Gasteiger partial charge in [0, 0.05) is 11.8 Å². The van der Waals surface area contributed by atoms with Gasteiger partial charge in [-0.2, -0.15) is 5.09 Å². The van der Waals surface area contributed by atoms with Crippen molar-refractivity contribution >= 4 is 13.7 Å². The molecule has 1 unspecified atom stereocenters. The lowest BCUT2D eigenvalue weighted by atomic mass is 10.0. The fraction of sp³-hybridized carbons (Fsp3) is 0.476. The van der Waals surface area contributed by atoms with Gasteiger partial charge in [-0.1, -0.05) is 18.2 Å². The number of methoxy groups -OCH3 is 1. The summed E-state index contributed by atoms with van der Waals surface area (Å²) < 4.78 is 42.2. The number of H-pyrrole nitrogens is 1. The van der Waals surface area contributed by atoms with Crippen molar-refractivity contribution in [2.45, 2.75) is 43.9 Å². The van der Waals surface area contributed by atoms with Crippen LogP contribution in [0.25, 0.3) is 0 Å². The number of aliphatic hydroxyl groups is 1. The first kappa shape index (κ1) is 25.3. The van der Waals surface area contributed by atoms with Gasteiger partial charge in [0.2, 0.25) is 0 Å². The summed E-state index contributed by atoms with van der Waals surface area (Å²) in [6.07, 6.45) is -1.96. The number of benzene rings is 1. The van der Waals surface area contributed by atoms with Crippen molar-refractivity contribution in [1.82, 2.24) is 14.6 Å². The highest BCUT2D eigenvalue weighted by atomic mass is 31.2. The molecule has 0 radical (unpaired) electrons. The number of aryl methyl sites for hydroxylation is 1. The molecule has 0 amide bonds. The molecule has 6 atom stereocenters. The molecule has 0 saturated carbocycles. The van der Waals surface area contributed by atoms with Gasteiger partial charge in [-0.3, -0.25) is 23.7 Å². The Morgan fingerprint density at radius 3 is 2.77 bits per heavy atom. The number of rotatable bonds is 9. The van der Waals surface area contributed by atoms with Gasteiger partial charge in [0.05, 0.1) is 20.3 Å². The van der Waals surface area contributed by atoms with Gasteiger partial charge < -0.3 is 23.8 Å². The predicted octanol–water partition coefficient (Wildman–Crippen LogP) is 0.227. The number of hydrogen-bond acceptors (Lipinski definition) is 10. The van der Waals surface area contributed by atoms with Gasteiger partial charge >= 0.3 is 19.4 Å². The summed E-state index contributed by atoms with van der Waals surface area (Å²) in [6.45, 7) is 2.35. The second kappa shape index (κ2) is 9.69. The maximum Gasteiger partial charge on any atom is 0.459 e. The first-order chi connectivity index (χ1) is 16.6. The van der Waals surface area contributed by atoms with Crippen LogP contribution in [-0.2, 0) is 28.1 Å². The molecule has 190 valence electrons. The van der Waals surface area contributed by atoms with E-state index in [4.69, 9.17) is 18.5 Å². The first-order valence-corrected chi connectivity index (χ1v) is 12.3. The number of aromatic nitrogens is 2. The molecule has 35 heavy (non-hydrogen) atoms. The molecule has 3 N–H and O–H groups in total. The highest BCUT2D eigenvalue weighted by molar-refractivity contribution is 7.52. The van der Waals surface area contributed by atoms with Crippen LogP contribution in [0, 0.1) is 6.92 Å². The number of ether oxygens (including phenoxy) is 3. The summed E-state index contributed by atoms with van der Waals surface area (Å²) in [6, 6.07) is 7.11. The Kier molecular flexibility index (Phi) is 7.00. The number of para-hydroxylation sites is 1. The zero-order chi connectivity index (χ0) is 25.4. The van der Waals surface area contributed by atoms with Crippen LogP contribution in [0.5, 0.6) is 5.75 Å². The fourth-order valence-corrected chi connectivity index (χ4v) is 5.43. The fourth-order valence-electron chi connectivity index (χ4n) is 3.89. The van der Waals surface area contributed by atoms with E-state index in [1.54, 1.807) is 30.3 Å². The molecule has 2 fully saturated rings. The minimum Gasteiger partial charge on any atom is -0.468 e. The van der Waals surface area contributed by atoms with Gasteiger partial charge in [0.25, 0.3) is 5.56 Å². The zero-order valence-corrected chi connectivity index (χ0v) is 20.1. The molecule has 2 saturated heterocycles. The van der Waals surface area contributed by atoms with Crippen LogP contribution in [0.1, 0.15) is 18.7 Å². The third kappa shape index (κ3) is 4.96.